The molecule has 6 heteroatoms. The number of piperidine rings is 1. The molecule has 4 heterocycles. The molecule has 0 radical (unpaired) electrons. The van der Waals surface area contributed by atoms with E-state index in [-0.39, 0.29) is 5.91 Å². The number of aromatic nitrogens is 1. The molecule has 146 valence electrons. The van der Waals surface area contributed by atoms with Gasteiger partial charge in [0.25, 0.3) is 5.91 Å². The van der Waals surface area contributed by atoms with Crippen LogP contribution in [-0.4, -0.2) is 60.1 Å². The Morgan fingerprint density at radius 2 is 1.93 bits per heavy atom. The monoisotopic (exact) mass is 371 g/mol. The molecule has 6 nitrogen and oxygen atoms in total. The van der Waals surface area contributed by atoms with Crippen LogP contribution >= 0.6 is 0 Å². The van der Waals surface area contributed by atoms with Crippen LogP contribution in [0.1, 0.15) is 31.7 Å². The van der Waals surface area contributed by atoms with Gasteiger partial charge in [-0.3, -0.25) is 14.7 Å². The predicted octanol–water partition coefficient (Wildman–Crippen LogP) is 2.42. The maximum atomic E-state index is 12.7. The van der Waals surface area contributed by atoms with Crippen molar-refractivity contribution in [2.45, 2.75) is 32.7 Å². The number of rotatable bonds is 4. The molecule has 4 rings (SSSR count). The summed E-state index contributed by atoms with van der Waals surface area (Å²) in [7, 11) is 0. The number of hydrogen-bond donors (Lipinski definition) is 0. The summed E-state index contributed by atoms with van der Waals surface area (Å²) in [6, 6.07) is 4.15. The Kier molecular flexibility index (Phi) is 5.62. The van der Waals surface area contributed by atoms with Gasteiger partial charge in [0.05, 0.1) is 0 Å². The number of carbonyl (C=O) groups excluding carboxylic acids is 1. The fourth-order valence-corrected chi connectivity index (χ4v) is 4.55. The van der Waals surface area contributed by atoms with Gasteiger partial charge in [-0.15, -0.1) is 0 Å². The third-order valence-electron chi connectivity index (χ3n) is 6.10. The Morgan fingerprint density at radius 3 is 2.67 bits per heavy atom. The standard InChI is InChI=1S/C21H29N3O3/c1-16-20(27-12-11-26-16)21(25)24-10-6-19(15-24)18-4-8-23(9-5-18)14-17-3-2-7-22-13-17/h2-3,7,13,18-19H,4-6,8-12,14-15H2,1H3/t19-/m1/s1. The average Bonchev–Trinajstić information content (AvgIpc) is 3.19. The molecule has 3 aliphatic heterocycles. The zero-order valence-electron chi connectivity index (χ0n) is 16.1. The maximum Gasteiger partial charge on any atom is 0.292 e. The molecular weight excluding hydrogens is 342 g/mol. The summed E-state index contributed by atoms with van der Waals surface area (Å²) in [6.45, 7) is 7.74. The van der Waals surface area contributed by atoms with Crippen LogP contribution in [0.3, 0.4) is 0 Å². The van der Waals surface area contributed by atoms with Crippen molar-refractivity contribution in [2.75, 3.05) is 39.4 Å². The van der Waals surface area contributed by atoms with Crippen molar-refractivity contribution in [3.05, 3.63) is 41.6 Å². The smallest absolute Gasteiger partial charge is 0.292 e. The molecule has 0 saturated carbocycles. The topological polar surface area (TPSA) is 54.9 Å². The summed E-state index contributed by atoms with van der Waals surface area (Å²) < 4.78 is 11.0. The largest absolute Gasteiger partial charge is 0.491 e. The molecule has 3 aliphatic rings. The summed E-state index contributed by atoms with van der Waals surface area (Å²) >= 11 is 0. The molecule has 0 aromatic carbocycles. The normalized spacial score (nSPS) is 24.6. The second-order valence-corrected chi connectivity index (χ2v) is 7.86. The first-order valence-electron chi connectivity index (χ1n) is 10.1. The van der Waals surface area contributed by atoms with Crippen LogP contribution in [0.4, 0.5) is 0 Å². The van der Waals surface area contributed by atoms with E-state index in [1.807, 2.05) is 30.3 Å². The molecule has 2 fully saturated rings. The second-order valence-electron chi connectivity index (χ2n) is 7.86. The fraction of sp³-hybridized carbons (Fsp3) is 0.619. The van der Waals surface area contributed by atoms with E-state index in [2.05, 4.69) is 16.0 Å². The molecule has 2 saturated heterocycles. The molecule has 1 aromatic heterocycles. The number of allylic oxidation sites excluding steroid dienone is 1. The van der Waals surface area contributed by atoms with Gasteiger partial charge >= 0.3 is 0 Å². The maximum absolute atomic E-state index is 12.7. The lowest BCUT2D eigenvalue weighted by atomic mass is 9.83. The Labute approximate surface area is 161 Å². The molecule has 0 aliphatic carbocycles. The number of ether oxygens (including phenoxy) is 2. The van der Waals surface area contributed by atoms with Gasteiger partial charge < -0.3 is 14.4 Å². The van der Waals surface area contributed by atoms with Gasteiger partial charge in [-0.05, 0) is 62.7 Å². The van der Waals surface area contributed by atoms with Gasteiger partial charge in [0, 0.05) is 32.0 Å². The first-order valence-corrected chi connectivity index (χ1v) is 10.1. The van der Waals surface area contributed by atoms with Crippen molar-refractivity contribution >= 4 is 5.91 Å². The van der Waals surface area contributed by atoms with Crippen molar-refractivity contribution in [3.63, 3.8) is 0 Å². The molecule has 0 spiro atoms. The number of pyridine rings is 1. The number of amides is 1. The summed E-state index contributed by atoms with van der Waals surface area (Å²) in [4.78, 5) is 21.4. The number of carbonyl (C=O) groups is 1. The van der Waals surface area contributed by atoms with E-state index in [0.29, 0.717) is 36.6 Å². The Hall–Kier alpha value is -2.08. The Balaban J connectivity index is 1.27. The molecule has 0 bridgehead atoms. The highest BCUT2D eigenvalue weighted by Gasteiger charge is 2.36. The minimum absolute atomic E-state index is 0.00344. The van der Waals surface area contributed by atoms with Crippen molar-refractivity contribution in [3.8, 4) is 0 Å². The molecule has 27 heavy (non-hydrogen) atoms. The highest BCUT2D eigenvalue weighted by atomic mass is 16.6. The minimum Gasteiger partial charge on any atom is -0.491 e. The van der Waals surface area contributed by atoms with Gasteiger partial charge in [0.1, 0.15) is 19.0 Å². The van der Waals surface area contributed by atoms with Crippen molar-refractivity contribution in [1.82, 2.24) is 14.8 Å². The Morgan fingerprint density at radius 1 is 1.15 bits per heavy atom. The molecule has 1 amide bonds. The molecule has 1 atom stereocenters. The lowest BCUT2D eigenvalue weighted by Gasteiger charge is -2.34. The van der Waals surface area contributed by atoms with Crippen molar-refractivity contribution in [2.24, 2.45) is 11.8 Å². The average molecular weight is 371 g/mol. The number of hydrogen-bond acceptors (Lipinski definition) is 5. The minimum atomic E-state index is 0.00344. The lowest BCUT2D eigenvalue weighted by Crippen LogP contribution is -2.37. The zero-order chi connectivity index (χ0) is 18.6. The number of likely N-dealkylation sites (tertiary alicyclic amines) is 2. The van der Waals surface area contributed by atoms with Gasteiger partial charge in [-0.1, -0.05) is 6.07 Å². The van der Waals surface area contributed by atoms with Crippen molar-refractivity contribution < 1.29 is 14.3 Å². The predicted molar refractivity (Wildman–Crippen MR) is 102 cm³/mol. The van der Waals surface area contributed by atoms with E-state index in [1.165, 1.54) is 18.4 Å². The molecule has 0 unspecified atom stereocenters. The Bertz CT molecular complexity index is 683. The summed E-state index contributed by atoms with van der Waals surface area (Å²) in [6.07, 6.45) is 7.32. The first-order chi connectivity index (χ1) is 13.2. The van der Waals surface area contributed by atoms with Crippen LogP contribution in [0.25, 0.3) is 0 Å². The lowest BCUT2D eigenvalue weighted by molar-refractivity contribution is -0.132. The van der Waals surface area contributed by atoms with Crippen LogP contribution in [0.15, 0.2) is 36.0 Å². The molecule has 0 N–H and O–H groups in total. The van der Waals surface area contributed by atoms with Crippen LogP contribution in [0.2, 0.25) is 0 Å². The molecule has 1 aromatic rings. The van der Waals surface area contributed by atoms with Gasteiger partial charge in [-0.25, -0.2) is 0 Å². The van der Waals surface area contributed by atoms with E-state index in [1.54, 1.807) is 0 Å². The SMILES string of the molecule is CC1=C(C(=O)N2CC[C@@H](C3CCN(Cc4cccnc4)CC3)C2)OCCO1. The highest BCUT2D eigenvalue weighted by Crippen LogP contribution is 2.33. The van der Waals surface area contributed by atoms with Gasteiger partial charge in [0.15, 0.2) is 0 Å². The van der Waals surface area contributed by atoms with Crippen molar-refractivity contribution in [1.29, 1.82) is 0 Å². The van der Waals surface area contributed by atoms with Crippen LogP contribution in [-0.2, 0) is 20.8 Å². The van der Waals surface area contributed by atoms with Crippen LogP contribution in [0, 0.1) is 11.8 Å². The van der Waals surface area contributed by atoms with E-state index in [4.69, 9.17) is 9.47 Å². The first kappa shape index (κ1) is 18.3. The third-order valence-corrected chi connectivity index (χ3v) is 6.10. The number of nitrogens with zero attached hydrogens (tertiary/aromatic N) is 3. The highest BCUT2D eigenvalue weighted by molar-refractivity contribution is 5.92. The summed E-state index contributed by atoms with van der Waals surface area (Å²) in [5, 5.41) is 0. The zero-order valence-corrected chi connectivity index (χ0v) is 16.1. The quantitative estimate of drug-likeness (QED) is 0.814. The third kappa shape index (κ3) is 4.26. The van der Waals surface area contributed by atoms with E-state index in [0.717, 1.165) is 39.1 Å². The van der Waals surface area contributed by atoms with E-state index in [9.17, 15) is 4.79 Å². The van der Waals surface area contributed by atoms with E-state index < -0.39 is 0 Å². The van der Waals surface area contributed by atoms with Gasteiger partial charge in [0.2, 0.25) is 5.76 Å². The second kappa shape index (κ2) is 8.30. The molecular formula is C21H29N3O3. The van der Waals surface area contributed by atoms with Crippen LogP contribution in [0.5, 0.6) is 0 Å². The summed E-state index contributed by atoms with van der Waals surface area (Å²) in [5.74, 6) is 2.36. The fourth-order valence-electron chi connectivity index (χ4n) is 4.55. The van der Waals surface area contributed by atoms with E-state index >= 15 is 0 Å². The van der Waals surface area contributed by atoms with Crippen LogP contribution < -0.4 is 0 Å². The van der Waals surface area contributed by atoms with Gasteiger partial charge in [-0.2, -0.15) is 0 Å². The summed E-state index contributed by atoms with van der Waals surface area (Å²) in [5.41, 5.74) is 1.28.